The van der Waals surface area contributed by atoms with Crippen molar-refractivity contribution in [3.05, 3.63) is 22.4 Å². The van der Waals surface area contributed by atoms with Gasteiger partial charge in [-0.15, -0.1) is 0 Å². The Balaban J connectivity index is 1.66. The van der Waals surface area contributed by atoms with Crippen molar-refractivity contribution in [3.63, 3.8) is 0 Å². The van der Waals surface area contributed by atoms with E-state index in [4.69, 9.17) is 0 Å². The molecule has 3 rings (SSSR count). The van der Waals surface area contributed by atoms with E-state index in [9.17, 15) is 4.79 Å². The number of rotatable bonds is 4. The molecule has 2 heterocycles. The fourth-order valence-corrected chi connectivity index (χ4v) is 3.45. The summed E-state index contributed by atoms with van der Waals surface area (Å²) < 4.78 is 0. The molecule has 1 aromatic rings. The van der Waals surface area contributed by atoms with Crippen molar-refractivity contribution in [3.8, 4) is 0 Å². The molecular formula is C15H22N2OS. The van der Waals surface area contributed by atoms with E-state index in [1.807, 2.05) is 0 Å². The van der Waals surface area contributed by atoms with E-state index in [1.165, 1.54) is 37.7 Å². The molecule has 1 amide bonds. The Hall–Kier alpha value is -0.870. The van der Waals surface area contributed by atoms with E-state index < -0.39 is 0 Å². The minimum atomic E-state index is 0.0572. The van der Waals surface area contributed by atoms with E-state index in [0.717, 1.165) is 19.5 Å². The Morgan fingerprint density at radius 3 is 2.95 bits per heavy atom. The lowest BCUT2D eigenvalue weighted by Gasteiger charge is -2.27. The fraction of sp³-hybridized carbons (Fsp3) is 0.667. The van der Waals surface area contributed by atoms with E-state index in [1.54, 1.807) is 11.3 Å². The predicted octanol–water partition coefficient (Wildman–Crippen LogP) is 2.77. The third-order valence-corrected chi connectivity index (χ3v) is 4.79. The molecular weight excluding hydrogens is 256 g/mol. The number of carbonyl (C=O) groups excluding carboxylic acids is 1. The van der Waals surface area contributed by atoms with E-state index in [-0.39, 0.29) is 6.04 Å². The molecule has 0 radical (unpaired) electrons. The summed E-state index contributed by atoms with van der Waals surface area (Å²) in [5.41, 5.74) is 1.28. The number of nitrogens with zero attached hydrogens (tertiary/aromatic N) is 1. The van der Waals surface area contributed by atoms with E-state index in [2.05, 4.69) is 27.0 Å². The molecule has 1 atom stereocenters. The van der Waals surface area contributed by atoms with Crippen LogP contribution in [0.25, 0.3) is 0 Å². The van der Waals surface area contributed by atoms with Gasteiger partial charge in [0.25, 0.3) is 0 Å². The lowest BCUT2D eigenvalue weighted by Crippen LogP contribution is -2.46. The maximum Gasteiger partial charge on any atom is 0.240 e. The number of hydrogen-bond acceptors (Lipinski definition) is 3. The van der Waals surface area contributed by atoms with Gasteiger partial charge in [-0.25, -0.2) is 0 Å². The number of hydrogen-bond donors (Lipinski definition) is 1. The molecule has 19 heavy (non-hydrogen) atoms. The standard InChI is InChI=1S/C15H22N2OS/c18-15(14-4-2-1-3-8-16-14)17(13-5-6-13)10-12-7-9-19-11-12/h7,9,11,13-14,16H,1-6,8,10H2. The summed E-state index contributed by atoms with van der Waals surface area (Å²) in [4.78, 5) is 14.8. The molecule has 1 aromatic heterocycles. The van der Waals surface area contributed by atoms with Gasteiger partial charge in [-0.3, -0.25) is 4.79 Å². The summed E-state index contributed by atoms with van der Waals surface area (Å²) in [6, 6.07) is 2.69. The van der Waals surface area contributed by atoms with Crippen LogP contribution in [0, 0.1) is 0 Å². The first-order chi connectivity index (χ1) is 9.34. The Morgan fingerprint density at radius 2 is 2.21 bits per heavy atom. The third-order valence-electron chi connectivity index (χ3n) is 4.06. The lowest BCUT2D eigenvalue weighted by atomic mass is 10.1. The van der Waals surface area contributed by atoms with Gasteiger partial charge in [-0.2, -0.15) is 11.3 Å². The SMILES string of the molecule is O=C(C1CCCCCN1)N(Cc1ccsc1)C1CC1. The number of thiophene rings is 1. The number of amides is 1. The van der Waals surface area contributed by atoms with Crippen molar-refractivity contribution < 1.29 is 4.79 Å². The second-order valence-electron chi connectivity index (χ2n) is 5.68. The zero-order valence-electron chi connectivity index (χ0n) is 11.3. The Bertz CT molecular complexity index is 406. The van der Waals surface area contributed by atoms with Crippen molar-refractivity contribution in [1.82, 2.24) is 10.2 Å². The molecule has 1 N–H and O–H groups in total. The van der Waals surface area contributed by atoms with Crippen LogP contribution < -0.4 is 5.32 Å². The molecule has 1 aliphatic carbocycles. The Kier molecular flexibility index (Phi) is 4.18. The van der Waals surface area contributed by atoms with Gasteiger partial charge in [-0.1, -0.05) is 12.8 Å². The Morgan fingerprint density at radius 1 is 1.32 bits per heavy atom. The monoisotopic (exact) mass is 278 g/mol. The molecule has 1 aliphatic heterocycles. The lowest BCUT2D eigenvalue weighted by molar-refractivity contribution is -0.134. The zero-order chi connectivity index (χ0) is 13.1. The molecule has 1 saturated heterocycles. The molecule has 2 fully saturated rings. The predicted molar refractivity (Wildman–Crippen MR) is 78.1 cm³/mol. The smallest absolute Gasteiger partial charge is 0.240 e. The normalized spacial score (nSPS) is 23.9. The molecule has 0 spiro atoms. The molecule has 104 valence electrons. The van der Waals surface area contributed by atoms with Crippen molar-refractivity contribution >= 4 is 17.2 Å². The van der Waals surface area contributed by atoms with Crippen molar-refractivity contribution in [2.75, 3.05) is 6.54 Å². The summed E-state index contributed by atoms with van der Waals surface area (Å²) >= 11 is 1.71. The maximum absolute atomic E-state index is 12.7. The van der Waals surface area contributed by atoms with Gasteiger partial charge in [0.2, 0.25) is 5.91 Å². The average Bonchev–Trinajstić information content (AvgIpc) is 3.19. The molecule has 3 nitrogen and oxygen atoms in total. The highest BCUT2D eigenvalue weighted by Crippen LogP contribution is 2.30. The van der Waals surface area contributed by atoms with Crippen LogP contribution >= 0.6 is 11.3 Å². The van der Waals surface area contributed by atoms with Crippen LogP contribution in [0.5, 0.6) is 0 Å². The first kappa shape index (κ1) is 13.1. The Labute approximate surface area is 119 Å². The minimum absolute atomic E-state index is 0.0572. The molecule has 1 saturated carbocycles. The van der Waals surface area contributed by atoms with Gasteiger partial charge < -0.3 is 10.2 Å². The number of carbonyl (C=O) groups is 1. The van der Waals surface area contributed by atoms with Crippen LogP contribution in [0.1, 0.15) is 44.1 Å². The van der Waals surface area contributed by atoms with Crippen LogP contribution in [0.3, 0.4) is 0 Å². The van der Waals surface area contributed by atoms with Crippen molar-refractivity contribution in [2.45, 2.75) is 57.2 Å². The van der Waals surface area contributed by atoms with Gasteiger partial charge in [-0.05, 0) is 54.6 Å². The van der Waals surface area contributed by atoms with Crippen molar-refractivity contribution in [2.24, 2.45) is 0 Å². The largest absolute Gasteiger partial charge is 0.334 e. The van der Waals surface area contributed by atoms with Crippen LogP contribution in [-0.4, -0.2) is 29.4 Å². The fourth-order valence-electron chi connectivity index (χ4n) is 2.79. The van der Waals surface area contributed by atoms with Crippen LogP contribution in [0.15, 0.2) is 16.8 Å². The van der Waals surface area contributed by atoms with Gasteiger partial charge in [0, 0.05) is 12.6 Å². The molecule has 0 aromatic carbocycles. The molecule has 1 unspecified atom stereocenters. The van der Waals surface area contributed by atoms with E-state index in [0.29, 0.717) is 11.9 Å². The second-order valence-corrected chi connectivity index (χ2v) is 6.46. The summed E-state index contributed by atoms with van der Waals surface area (Å²) in [5.74, 6) is 0.329. The highest BCUT2D eigenvalue weighted by atomic mass is 32.1. The molecule has 0 bridgehead atoms. The highest BCUT2D eigenvalue weighted by molar-refractivity contribution is 7.07. The first-order valence-electron chi connectivity index (χ1n) is 7.39. The topological polar surface area (TPSA) is 32.3 Å². The van der Waals surface area contributed by atoms with E-state index >= 15 is 0 Å². The zero-order valence-corrected chi connectivity index (χ0v) is 12.1. The van der Waals surface area contributed by atoms with Gasteiger partial charge in [0.05, 0.1) is 6.04 Å². The first-order valence-corrected chi connectivity index (χ1v) is 8.34. The molecule has 4 heteroatoms. The summed E-state index contributed by atoms with van der Waals surface area (Å²) in [6.45, 7) is 1.79. The quantitative estimate of drug-likeness (QED) is 0.918. The highest BCUT2D eigenvalue weighted by Gasteiger charge is 2.35. The van der Waals surface area contributed by atoms with Crippen LogP contribution in [0.2, 0.25) is 0 Å². The summed E-state index contributed by atoms with van der Waals surface area (Å²) in [5, 5.41) is 7.68. The minimum Gasteiger partial charge on any atom is -0.334 e. The summed E-state index contributed by atoms with van der Waals surface area (Å²) in [7, 11) is 0. The second kappa shape index (κ2) is 6.06. The third kappa shape index (κ3) is 3.37. The van der Waals surface area contributed by atoms with Crippen LogP contribution in [0.4, 0.5) is 0 Å². The summed E-state index contributed by atoms with van der Waals surface area (Å²) in [6.07, 6.45) is 7.01. The van der Waals surface area contributed by atoms with Gasteiger partial charge in [0.1, 0.15) is 0 Å². The molecule has 2 aliphatic rings. The van der Waals surface area contributed by atoms with Gasteiger partial charge in [0.15, 0.2) is 0 Å². The van der Waals surface area contributed by atoms with Gasteiger partial charge >= 0.3 is 0 Å². The average molecular weight is 278 g/mol. The maximum atomic E-state index is 12.7. The number of nitrogens with one attached hydrogen (secondary N) is 1. The van der Waals surface area contributed by atoms with Crippen LogP contribution in [-0.2, 0) is 11.3 Å². The van der Waals surface area contributed by atoms with Crippen molar-refractivity contribution in [1.29, 1.82) is 0 Å².